The fourth-order valence-electron chi connectivity index (χ4n) is 3.98. The Morgan fingerprint density at radius 1 is 1.23 bits per heavy atom. The molecule has 31 heavy (non-hydrogen) atoms. The minimum atomic E-state index is -0.297. The molecule has 9 heteroatoms. The lowest BCUT2D eigenvalue weighted by molar-refractivity contribution is 0.0965. The van der Waals surface area contributed by atoms with Crippen LogP contribution in [-0.2, 0) is 10.3 Å². The Kier molecular flexibility index (Phi) is 5.53. The summed E-state index contributed by atoms with van der Waals surface area (Å²) in [5.74, 6) is 1.99. The Morgan fingerprint density at radius 3 is 2.68 bits per heavy atom. The van der Waals surface area contributed by atoms with Crippen molar-refractivity contribution in [3.8, 4) is 5.88 Å². The van der Waals surface area contributed by atoms with E-state index in [0.29, 0.717) is 17.5 Å². The van der Waals surface area contributed by atoms with Crippen LogP contribution >= 0.6 is 0 Å². The summed E-state index contributed by atoms with van der Waals surface area (Å²) in [5.41, 5.74) is 0.877. The molecule has 168 valence electrons. The molecule has 4 rings (SSSR count). The number of nitrogens with one attached hydrogen (secondary N) is 2. The molecule has 2 heterocycles. The molecule has 2 atom stereocenters. The van der Waals surface area contributed by atoms with Crippen molar-refractivity contribution in [2.24, 2.45) is 0 Å². The number of hydrogen-bond acceptors (Lipinski definition) is 7. The number of amides is 1. The first-order valence-electron chi connectivity index (χ1n) is 10.9. The largest absolute Gasteiger partial charge is 0.480 e. The third-order valence-corrected chi connectivity index (χ3v) is 5.93. The molecule has 2 aromatic rings. The molecule has 0 unspecified atom stereocenters. The smallest absolute Gasteiger partial charge is 0.407 e. The predicted molar refractivity (Wildman–Crippen MR) is 117 cm³/mol. The minimum absolute atomic E-state index is 0.0659. The lowest BCUT2D eigenvalue weighted by Crippen LogP contribution is -2.36. The average molecular weight is 429 g/mol. The summed E-state index contributed by atoms with van der Waals surface area (Å²) in [6.07, 6.45) is 7.47. The maximum Gasteiger partial charge on any atom is 0.407 e. The van der Waals surface area contributed by atoms with Crippen LogP contribution < -0.4 is 15.4 Å². The Balaban J connectivity index is 1.47. The van der Waals surface area contributed by atoms with E-state index in [1.54, 1.807) is 19.5 Å². The SMILES string of the molecule is COc1cncc(Nc2cc([C@H]3CC[C@@H](OC(=O)NC4(C)CC4)C3)n(C(C)(C)C)n2)n1. The van der Waals surface area contributed by atoms with Gasteiger partial charge >= 0.3 is 6.09 Å². The van der Waals surface area contributed by atoms with Crippen molar-refractivity contribution in [3.05, 3.63) is 24.2 Å². The number of methoxy groups -OCH3 is 1. The summed E-state index contributed by atoms with van der Waals surface area (Å²) in [6, 6.07) is 2.06. The molecule has 2 aliphatic rings. The molecule has 2 fully saturated rings. The standard InChI is InChI=1S/C22H32N6O3/c1-21(2,3)28-16(11-17(27-28)24-18-12-23-13-19(25-18)30-5)14-6-7-15(10-14)31-20(29)26-22(4)8-9-22/h11-15H,6-10H2,1-5H3,(H,26,29)(H,24,25,27)/t14-,15+/m0/s1. The summed E-state index contributed by atoms with van der Waals surface area (Å²) in [4.78, 5) is 20.7. The van der Waals surface area contributed by atoms with Crippen molar-refractivity contribution in [2.75, 3.05) is 12.4 Å². The number of carbonyl (C=O) groups is 1. The molecule has 2 saturated carbocycles. The van der Waals surface area contributed by atoms with Crippen molar-refractivity contribution in [2.45, 2.75) is 82.9 Å². The topological polar surface area (TPSA) is 103 Å². The Bertz CT molecular complexity index is 947. The molecular weight excluding hydrogens is 396 g/mol. The molecule has 0 radical (unpaired) electrons. The van der Waals surface area contributed by atoms with Gasteiger partial charge in [0.05, 0.1) is 25.0 Å². The fourth-order valence-corrected chi connectivity index (χ4v) is 3.98. The zero-order chi connectivity index (χ0) is 22.2. The second-order valence-corrected chi connectivity index (χ2v) is 9.83. The molecule has 0 saturated heterocycles. The summed E-state index contributed by atoms with van der Waals surface area (Å²) in [7, 11) is 1.56. The van der Waals surface area contributed by atoms with Crippen molar-refractivity contribution in [1.29, 1.82) is 0 Å². The first kappa shape index (κ1) is 21.4. The Hall–Kier alpha value is -2.84. The zero-order valence-corrected chi connectivity index (χ0v) is 18.9. The highest BCUT2D eigenvalue weighted by Gasteiger charge is 2.40. The molecule has 0 aromatic carbocycles. The number of carbonyl (C=O) groups excluding carboxylic acids is 1. The first-order chi connectivity index (χ1) is 14.6. The number of hydrogen-bond donors (Lipinski definition) is 2. The first-order valence-corrected chi connectivity index (χ1v) is 10.9. The number of nitrogens with zero attached hydrogens (tertiary/aromatic N) is 4. The van der Waals surface area contributed by atoms with Gasteiger partial charge < -0.3 is 20.1 Å². The number of rotatable bonds is 6. The normalized spacial score (nSPS) is 22.1. The van der Waals surface area contributed by atoms with E-state index in [-0.39, 0.29) is 29.2 Å². The van der Waals surface area contributed by atoms with Gasteiger partial charge in [-0.3, -0.25) is 9.67 Å². The van der Waals surface area contributed by atoms with Gasteiger partial charge in [-0.05, 0) is 59.8 Å². The summed E-state index contributed by atoms with van der Waals surface area (Å²) >= 11 is 0. The number of alkyl carbamates (subject to hydrolysis) is 1. The van der Waals surface area contributed by atoms with Gasteiger partial charge in [0.2, 0.25) is 5.88 Å². The van der Waals surface area contributed by atoms with E-state index in [1.165, 1.54) is 0 Å². The van der Waals surface area contributed by atoms with Gasteiger partial charge in [0.25, 0.3) is 0 Å². The molecule has 9 nitrogen and oxygen atoms in total. The predicted octanol–water partition coefficient (Wildman–Crippen LogP) is 4.10. The van der Waals surface area contributed by atoms with Crippen LogP contribution in [0.5, 0.6) is 5.88 Å². The van der Waals surface area contributed by atoms with Crippen molar-refractivity contribution < 1.29 is 14.3 Å². The van der Waals surface area contributed by atoms with Crippen LogP contribution in [0, 0.1) is 0 Å². The molecule has 0 bridgehead atoms. The quantitative estimate of drug-likeness (QED) is 0.714. The van der Waals surface area contributed by atoms with Crippen molar-refractivity contribution in [3.63, 3.8) is 0 Å². The number of anilines is 2. The number of ether oxygens (including phenoxy) is 2. The van der Waals surface area contributed by atoms with Crippen LogP contribution in [-0.4, -0.2) is 44.6 Å². The molecule has 0 aliphatic heterocycles. The molecule has 2 aromatic heterocycles. The second-order valence-electron chi connectivity index (χ2n) is 9.83. The van der Waals surface area contributed by atoms with E-state index in [1.807, 2.05) is 0 Å². The van der Waals surface area contributed by atoms with Crippen LogP contribution in [0.1, 0.15) is 71.4 Å². The highest BCUT2D eigenvalue weighted by molar-refractivity contribution is 5.69. The summed E-state index contributed by atoms with van der Waals surface area (Å²) in [5, 5.41) is 11.0. The van der Waals surface area contributed by atoms with Crippen LogP contribution in [0.3, 0.4) is 0 Å². The van der Waals surface area contributed by atoms with Gasteiger partial charge in [-0.15, -0.1) is 0 Å². The van der Waals surface area contributed by atoms with E-state index in [2.05, 4.69) is 59.0 Å². The number of aromatic nitrogens is 4. The van der Waals surface area contributed by atoms with Gasteiger partial charge in [0.1, 0.15) is 6.10 Å². The molecule has 2 N–H and O–H groups in total. The van der Waals surface area contributed by atoms with Gasteiger partial charge in [-0.2, -0.15) is 10.1 Å². The third kappa shape index (κ3) is 5.08. The Labute approximate surface area is 182 Å². The lowest BCUT2D eigenvalue weighted by atomic mass is 10.0. The van der Waals surface area contributed by atoms with E-state index in [0.717, 1.165) is 37.8 Å². The summed E-state index contributed by atoms with van der Waals surface area (Å²) < 4.78 is 12.9. The summed E-state index contributed by atoms with van der Waals surface area (Å²) in [6.45, 7) is 8.44. The van der Waals surface area contributed by atoms with Gasteiger partial charge in [-0.25, -0.2) is 4.79 Å². The highest BCUT2D eigenvalue weighted by Crippen LogP contribution is 2.39. The molecule has 2 aliphatic carbocycles. The van der Waals surface area contributed by atoms with Crippen LogP contribution in [0.25, 0.3) is 0 Å². The van der Waals surface area contributed by atoms with Crippen LogP contribution in [0.4, 0.5) is 16.4 Å². The maximum absolute atomic E-state index is 12.2. The average Bonchev–Trinajstić information content (AvgIpc) is 3.07. The highest BCUT2D eigenvalue weighted by atomic mass is 16.6. The fraction of sp³-hybridized carbons (Fsp3) is 0.636. The van der Waals surface area contributed by atoms with Gasteiger partial charge in [0.15, 0.2) is 11.6 Å². The van der Waals surface area contributed by atoms with E-state index in [9.17, 15) is 4.79 Å². The van der Waals surface area contributed by atoms with E-state index in [4.69, 9.17) is 14.6 Å². The monoisotopic (exact) mass is 428 g/mol. The van der Waals surface area contributed by atoms with E-state index >= 15 is 0 Å². The Morgan fingerprint density at radius 2 is 2.00 bits per heavy atom. The second kappa shape index (κ2) is 8.01. The van der Waals surface area contributed by atoms with Crippen LogP contribution in [0.15, 0.2) is 18.5 Å². The van der Waals surface area contributed by atoms with Crippen molar-refractivity contribution in [1.82, 2.24) is 25.1 Å². The zero-order valence-electron chi connectivity index (χ0n) is 18.9. The van der Waals surface area contributed by atoms with E-state index < -0.39 is 0 Å². The van der Waals surface area contributed by atoms with Gasteiger partial charge in [-0.1, -0.05) is 0 Å². The molecular formula is C22H32N6O3. The van der Waals surface area contributed by atoms with Crippen molar-refractivity contribution >= 4 is 17.7 Å². The van der Waals surface area contributed by atoms with Gasteiger partial charge in [0, 0.05) is 23.2 Å². The maximum atomic E-state index is 12.2. The molecule has 1 amide bonds. The lowest BCUT2D eigenvalue weighted by Gasteiger charge is -2.24. The molecule has 0 spiro atoms. The minimum Gasteiger partial charge on any atom is -0.480 e. The van der Waals surface area contributed by atoms with Crippen LogP contribution in [0.2, 0.25) is 0 Å². The third-order valence-electron chi connectivity index (χ3n) is 5.93.